The van der Waals surface area contributed by atoms with Crippen molar-refractivity contribution < 1.29 is 9.22 Å². The van der Waals surface area contributed by atoms with Crippen LogP contribution in [0, 0.1) is 23.2 Å². The minimum absolute atomic E-state index is 0.0730. The van der Waals surface area contributed by atoms with Crippen LogP contribution in [0.2, 0.25) is 19.6 Å². The van der Waals surface area contributed by atoms with E-state index in [1.807, 2.05) is 0 Å². The van der Waals surface area contributed by atoms with E-state index >= 15 is 0 Å². The standard InChI is InChI=1S/C16H30O2Si/c1-11-7-8-13-12(2)14(18-19(4,5)6)9-10-16(13,3)15(11)17/h11-14H,7-10H2,1-6H3/t11-,12-,13-,14-,16-/m0/s1. The van der Waals surface area contributed by atoms with Gasteiger partial charge in [0.15, 0.2) is 8.32 Å². The molecule has 0 spiro atoms. The molecular weight excluding hydrogens is 252 g/mol. The Morgan fingerprint density at radius 1 is 1.16 bits per heavy atom. The minimum Gasteiger partial charge on any atom is -0.414 e. The van der Waals surface area contributed by atoms with Crippen LogP contribution in [-0.2, 0) is 9.22 Å². The molecule has 2 nitrogen and oxygen atoms in total. The van der Waals surface area contributed by atoms with Crippen molar-refractivity contribution >= 4 is 14.1 Å². The Labute approximate surface area is 119 Å². The van der Waals surface area contributed by atoms with Gasteiger partial charge < -0.3 is 4.43 Å². The molecule has 110 valence electrons. The van der Waals surface area contributed by atoms with Gasteiger partial charge in [0.1, 0.15) is 5.78 Å². The zero-order valence-electron chi connectivity index (χ0n) is 13.5. The van der Waals surface area contributed by atoms with Crippen LogP contribution in [0.4, 0.5) is 0 Å². The van der Waals surface area contributed by atoms with Crippen molar-refractivity contribution in [2.75, 3.05) is 0 Å². The summed E-state index contributed by atoms with van der Waals surface area (Å²) in [5, 5.41) is 0. The molecule has 0 aromatic rings. The highest BCUT2D eigenvalue weighted by Crippen LogP contribution is 2.52. The van der Waals surface area contributed by atoms with Crippen LogP contribution >= 0.6 is 0 Å². The topological polar surface area (TPSA) is 26.3 Å². The molecular formula is C16H30O2Si. The molecule has 0 amide bonds. The molecule has 0 unspecified atom stereocenters. The fraction of sp³-hybridized carbons (Fsp3) is 0.938. The van der Waals surface area contributed by atoms with Gasteiger partial charge in [0.2, 0.25) is 0 Å². The van der Waals surface area contributed by atoms with Crippen molar-refractivity contribution in [3.05, 3.63) is 0 Å². The molecule has 2 fully saturated rings. The Balaban J connectivity index is 2.16. The molecule has 2 aliphatic rings. The van der Waals surface area contributed by atoms with E-state index in [4.69, 9.17) is 4.43 Å². The number of Topliss-reactive ketones (excluding diaryl/α,β-unsaturated/α-hetero) is 1. The molecule has 19 heavy (non-hydrogen) atoms. The van der Waals surface area contributed by atoms with Crippen LogP contribution in [0.15, 0.2) is 0 Å². The first kappa shape index (κ1) is 15.2. The fourth-order valence-corrected chi connectivity index (χ4v) is 5.60. The zero-order valence-corrected chi connectivity index (χ0v) is 14.5. The first-order valence-corrected chi connectivity index (χ1v) is 11.3. The normalized spacial score (nSPS) is 44.0. The molecule has 3 heteroatoms. The van der Waals surface area contributed by atoms with Gasteiger partial charge in [0.25, 0.3) is 0 Å². The molecule has 0 aromatic heterocycles. The molecule has 2 saturated carbocycles. The van der Waals surface area contributed by atoms with Gasteiger partial charge in [0.05, 0.1) is 0 Å². The summed E-state index contributed by atoms with van der Waals surface area (Å²) in [6, 6.07) is 0. The van der Waals surface area contributed by atoms with E-state index in [1.54, 1.807) is 0 Å². The van der Waals surface area contributed by atoms with Gasteiger partial charge >= 0.3 is 0 Å². The summed E-state index contributed by atoms with van der Waals surface area (Å²) in [6.07, 6.45) is 4.75. The van der Waals surface area contributed by atoms with Crippen LogP contribution < -0.4 is 0 Å². The summed E-state index contributed by atoms with van der Waals surface area (Å²) < 4.78 is 6.37. The van der Waals surface area contributed by atoms with E-state index in [0.29, 0.717) is 23.7 Å². The maximum Gasteiger partial charge on any atom is 0.184 e. The highest BCUT2D eigenvalue weighted by molar-refractivity contribution is 6.69. The third-order valence-electron chi connectivity index (χ3n) is 5.41. The maximum absolute atomic E-state index is 12.6. The van der Waals surface area contributed by atoms with Gasteiger partial charge in [-0.2, -0.15) is 0 Å². The van der Waals surface area contributed by atoms with Crippen molar-refractivity contribution in [3.8, 4) is 0 Å². The average Bonchev–Trinajstić information content (AvgIpc) is 2.28. The lowest BCUT2D eigenvalue weighted by molar-refractivity contribution is -0.147. The number of hydrogen-bond donors (Lipinski definition) is 0. The van der Waals surface area contributed by atoms with Gasteiger partial charge in [-0.1, -0.05) is 20.8 Å². The summed E-state index contributed by atoms with van der Waals surface area (Å²) >= 11 is 0. The highest BCUT2D eigenvalue weighted by atomic mass is 28.4. The Morgan fingerprint density at radius 2 is 1.79 bits per heavy atom. The van der Waals surface area contributed by atoms with Crippen molar-refractivity contribution in [1.29, 1.82) is 0 Å². The molecule has 0 heterocycles. The first-order valence-electron chi connectivity index (χ1n) is 7.87. The number of ketones is 1. The second kappa shape index (κ2) is 4.99. The predicted octanol–water partition coefficient (Wildman–Crippen LogP) is 4.26. The maximum atomic E-state index is 12.6. The fourth-order valence-electron chi connectivity index (χ4n) is 4.36. The van der Waals surface area contributed by atoms with E-state index in [0.717, 1.165) is 19.3 Å². The number of fused-ring (bicyclic) bond motifs is 1. The molecule has 0 aromatic carbocycles. The van der Waals surface area contributed by atoms with Crippen molar-refractivity contribution in [2.45, 2.75) is 72.2 Å². The first-order chi connectivity index (χ1) is 8.65. The minimum atomic E-state index is -1.48. The summed E-state index contributed by atoms with van der Waals surface area (Å²) in [5.41, 5.74) is -0.0730. The van der Waals surface area contributed by atoms with Crippen LogP contribution in [-0.4, -0.2) is 20.2 Å². The monoisotopic (exact) mass is 282 g/mol. The molecule has 0 radical (unpaired) electrons. The lowest BCUT2D eigenvalue weighted by Crippen LogP contribution is -2.53. The zero-order chi connectivity index (χ0) is 14.4. The summed E-state index contributed by atoms with van der Waals surface area (Å²) in [7, 11) is -1.48. The molecule has 0 N–H and O–H groups in total. The number of hydrogen-bond acceptors (Lipinski definition) is 2. The quantitative estimate of drug-likeness (QED) is 0.707. The second-order valence-electron chi connectivity index (χ2n) is 8.03. The summed E-state index contributed by atoms with van der Waals surface area (Å²) in [6.45, 7) is 13.4. The lowest BCUT2D eigenvalue weighted by atomic mass is 9.54. The van der Waals surface area contributed by atoms with Crippen LogP contribution in [0.5, 0.6) is 0 Å². The van der Waals surface area contributed by atoms with Gasteiger partial charge in [-0.15, -0.1) is 0 Å². The van der Waals surface area contributed by atoms with E-state index in [2.05, 4.69) is 40.4 Å². The summed E-state index contributed by atoms with van der Waals surface area (Å²) in [5.74, 6) is 1.85. The molecule has 0 bridgehead atoms. The van der Waals surface area contributed by atoms with E-state index in [9.17, 15) is 4.79 Å². The SMILES string of the molecule is C[C@@H]1[C@@H](O[Si](C)(C)C)CC[C@]2(C)C(=O)[C@@H](C)CC[C@@H]12. The largest absolute Gasteiger partial charge is 0.414 e. The van der Waals surface area contributed by atoms with Crippen molar-refractivity contribution in [1.82, 2.24) is 0 Å². The molecule has 2 rings (SSSR count). The highest BCUT2D eigenvalue weighted by Gasteiger charge is 2.52. The van der Waals surface area contributed by atoms with E-state index in [-0.39, 0.29) is 11.3 Å². The molecule has 5 atom stereocenters. The lowest BCUT2D eigenvalue weighted by Gasteiger charge is -2.52. The van der Waals surface area contributed by atoms with Crippen LogP contribution in [0.3, 0.4) is 0 Å². The van der Waals surface area contributed by atoms with Crippen LogP contribution in [0.25, 0.3) is 0 Å². The van der Waals surface area contributed by atoms with Crippen molar-refractivity contribution in [2.24, 2.45) is 23.2 Å². The molecule has 2 aliphatic carbocycles. The number of rotatable bonds is 2. The van der Waals surface area contributed by atoms with Gasteiger partial charge in [0, 0.05) is 17.4 Å². The van der Waals surface area contributed by atoms with Crippen LogP contribution in [0.1, 0.15) is 46.5 Å². The Morgan fingerprint density at radius 3 is 2.37 bits per heavy atom. The number of carbonyl (C=O) groups excluding carboxylic acids is 1. The third-order valence-corrected chi connectivity index (χ3v) is 6.42. The third kappa shape index (κ3) is 2.82. The smallest absolute Gasteiger partial charge is 0.184 e. The van der Waals surface area contributed by atoms with E-state index in [1.165, 1.54) is 6.42 Å². The van der Waals surface area contributed by atoms with Crippen molar-refractivity contribution in [3.63, 3.8) is 0 Å². The Kier molecular flexibility index (Phi) is 4.01. The van der Waals surface area contributed by atoms with Gasteiger partial charge in [-0.3, -0.25) is 4.79 Å². The Bertz CT molecular complexity index is 360. The molecule has 0 aliphatic heterocycles. The number of carbonyl (C=O) groups is 1. The van der Waals surface area contributed by atoms with Gasteiger partial charge in [-0.25, -0.2) is 0 Å². The second-order valence-corrected chi connectivity index (χ2v) is 12.5. The van der Waals surface area contributed by atoms with Gasteiger partial charge in [-0.05, 0) is 57.2 Å². The molecule has 0 saturated heterocycles. The predicted molar refractivity (Wildman–Crippen MR) is 81.6 cm³/mol. The van der Waals surface area contributed by atoms with E-state index < -0.39 is 8.32 Å². The Hall–Kier alpha value is -0.153. The average molecular weight is 282 g/mol. The summed E-state index contributed by atoms with van der Waals surface area (Å²) in [4.78, 5) is 12.6.